The van der Waals surface area contributed by atoms with Crippen molar-refractivity contribution >= 4 is 31.9 Å². The van der Waals surface area contributed by atoms with E-state index in [4.69, 9.17) is 18.1 Å². The van der Waals surface area contributed by atoms with Crippen LogP contribution < -0.4 is 5.84 Å². The van der Waals surface area contributed by atoms with Gasteiger partial charge in [-0.25, -0.2) is 21.5 Å². The third kappa shape index (κ3) is 3.18. The van der Waals surface area contributed by atoms with Gasteiger partial charge in [0.15, 0.2) is 15.7 Å². The fourth-order valence-corrected chi connectivity index (χ4v) is 5.79. The van der Waals surface area contributed by atoms with Crippen molar-refractivity contribution in [1.82, 2.24) is 19.9 Å². The molecule has 4 N–H and O–H groups in total. The van der Waals surface area contributed by atoms with Gasteiger partial charge in [-0.05, 0) is 31.3 Å². The zero-order valence-electron chi connectivity index (χ0n) is 13.5. The normalized spacial score (nSPS) is 12.3. The number of hydrogen-bond acceptors (Lipinski definition) is 7. The fourth-order valence-electron chi connectivity index (χ4n) is 2.32. The highest BCUT2D eigenvalue weighted by molar-refractivity contribution is 7.94. The van der Waals surface area contributed by atoms with E-state index in [0.717, 1.165) is 22.6 Å². The largest absolute Gasteiger partial charge is 0.365 e. The second kappa shape index (κ2) is 6.37. The Labute approximate surface area is 154 Å². The first-order valence-electron chi connectivity index (χ1n) is 7.25. The number of aromatic nitrogens is 4. The Kier molecular flexibility index (Phi) is 4.50. The second-order valence-corrected chi connectivity index (χ2v) is 9.84. The molecule has 0 bridgehead atoms. The van der Waals surface area contributed by atoms with E-state index in [-0.39, 0.29) is 25.3 Å². The van der Waals surface area contributed by atoms with E-state index in [9.17, 15) is 16.8 Å². The van der Waals surface area contributed by atoms with Crippen molar-refractivity contribution in [3.8, 4) is 0 Å². The summed E-state index contributed by atoms with van der Waals surface area (Å²) in [6.45, 7) is 1.82. The lowest BCUT2D eigenvalue weighted by Crippen LogP contribution is -2.17. The molecule has 0 aliphatic carbocycles. The monoisotopic (exact) mass is 413 g/mol. The van der Waals surface area contributed by atoms with Crippen molar-refractivity contribution in [2.45, 2.75) is 27.4 Å². The Hall–Kier alpha value is -2.44. The van der Waals surface area contributed by atoms with E-state index in [1.165, 1.54) is 12.1 Å². The molecule has 0 spiro atoms. The van der Waals surface area contributed by atoms with E-state index in [1.54, 1.807) is 12.1 Å². The van der Waals surface area contributed by atoms with Crippen LogP contribution in [0.4, 0.5) is 0 Å². The number of hydrogen-bond donors (Lipinski definition) is 3. The maximum Gasteiger partial charge on any atom is 0.214 e. The van der Waals surface area contributed by atoms with Crippen LogP contribution in [0.25, 0.3) is 0 Å². The summed E-state index contributed by atoms with van der Waals surface area (Å²) in [5.41, 5.74) is 0.886. The smallest absolute Gasteiger partial charge is 0.214 e. The standard InChI is InChI=1S/C14H15N5O4S3/c1-9-2-4-10(5-3-9)26(22,23)12-7-16-6-11(12)25(20,21)8-13-17-18-14(24)19(13)15/h2-7,16H,8,15H2,1H3,(H,18,24). The number of nitrogens with one attached hydrogen (secondary N) is 2. The molecule has 0 amide bonds. The van der Waals surface area contributed by atoms with Gasteiger partial charge in [0.2, 0.25) is 14.6 Å². The molecule has 9 nitrogen and oxygen atoms in total. The summed E-state index contributed by atoms with van der Waals surface area (Å²) >= 11 is 4.85. The highest BCUT2D eigenvalue weighted by Gasteiger charge is 2.30. The Morgan fingerprint density at radius 2 is 1.73 bits per heavy atom. The Morgan fingerprint density at radius 3 is 2.31 bits per heavy atom. The summed E-state index contributed by atoms with van der Waals surface area (Å²) in [6.07, 6.45) is 2.26. The third-order valence-corrected chi connectivity index (χ3v) is 7.60. The minimum atomic E-state index is -4.05. The van der Waals surface area contributed by atoms with Crippen LogP contribution in [-0.4, -0.2) is 36.7 Å². The second-order valence-electron chi connectivity index (χ2n) is 5.57. The quantitative estimate of drug-likeness (QED) is 0.419. The van der Waals surface area contributed by atoms with Gasteiger partial charge in [-0.15, -0.1) is 0 Å². The molecule has 0 saturated heterocycles. The average molecular weight is 414 g/mol. The molecule has 0 aliphatic rings. The molecule has 0 aliphatic heterocycles. The number of nitrogen functional groups attached to an aromatic ring is 1. The van der Waals surface area contributed by atoms with Gasteiger partial charge in [-0.1, -0.05) is 17.7 Å². The summed E-state index contributed by atoms with van der Waals surface area (Å²) in [5.74, 6) is 4.98. The number of sulfone groups is 2. The van der Waals surface area contributed by atoms with Crippen molar-refractivity contribution in [3.05, 3.63) is 52.8 Å². The van der Waals surface area contributed by atoms with Crippen LogP contribution in [0.3, 0.4) is 0 Å². The molecule has 0 atom stereocenters. The fraction of sp³-hybridized carbons (Fsp3) is 0.143. The van der Waals surface area contributed by atoms with Crippen LogP contribution in [-0.2, 0) is 25.4 Å². The first-order valence-corrected chi connectivity index (χ1v) is 10.8. The summed E-state index contributed by atoms with van der Waals surface area (Å²) in [4.78, 5) is 1.86. The van der Waals surface area contributed by atoms with Crippen LogP contribution in [0.1, 0.15) is 11.4 Å². The van der Waals surface area contributed by atoms with Crippen molar-refractivity contribution < 1.29 is 16.8 Å². The molecule has 3 rings (SSSR count). The van der Waals surface area contributed by atoms with E-state index < -0.39 is 25.4 Å². The molecule has 2 aromatic heterocycles. The predicted octanol–water partition coefficient (Wildman–Crippen LogP) is 1.10. The molecule has 0 radical (unpaired) electrons. The number of rotatable bonds is 5. The summed E-state index contributed by atoms with van der Waals surface area (Å²) < 4.78 is 52.1. The summed E-state index contributed by atoms with van der Waals surface area (Å²) in [5, 5.41) is 6.13. The highest BCUT2D eigenvalue weighted by Crippen LogP contribution is 2.29. The van der Waals surface area contributed by atoms with Crippen LogP contribution >= 0.6 is 12.2 Å². The molecular weight excluding hydrogens is 398 g/mol. The number of H-pyrrole nitrogens is 2. The Bertz CT molecular complexity index is 1220. The Morgan fingerprint density at radius 1 is 1.12 bits per heavy atom. The molecule has 0 saturated carbocycles. The van der Waals surface area contributed by atoms with Gasteiger partial charge >= 0.3 is 0 Å². The average Bonchev–Trinajstić information content (AvgIpc) is 3.19. The first kappa shape index (κ1) is 18.4. The van der Waals surface area contributed by atoms with Gasteiger partial charge in [-0.3, -0.25) is 5.10 Å². The van der Waals surface area contributed by atoms with Gasteiger partial charge in [0, 0.05) is 12.4 Å². The maximum atomic E-state index is 12.8. The van der Waals surface area contributed by atoms with Crippen molar-refractivity contribution in [3.63, 3.8) is 0 Å². The highest BCUT2D eigenvalue weighted by atomic mass is 32.2. The molecule has 138 valence electrons. The maximum absolute atomic E-state index is 12.8. The zero-order chi connectivity index (χ0) is 19.1. The summed E-state index contributed by atoms with van der Waals surface area (Å²) in [6, 6.07) is 6.14. The van der Waals surface area contributed by atoms with Crippen LogP contribution in [0.5, 0.6) is 0 Å². The van der Waals surface area contributed by atoms with Crippen LogP contribution in [0, 0.1) is 11.7 Å². The molecule has 1 aromatic carbocycles. The Balaban J connectivity index is 2.06. The van der Waals surface area contributed by atoms with Crippen molar-refractivity contribution in [2.24, 2.45) is 0 Å². The van der Waals surface area contributed by atoms with Gasteiger partial charge in [-0.2, -0.15) is 5.10 Å². The molecule has 3 aromatic rings. The number of aryl methyl sites for hydroxylation is 1. The topological polar surface area (TPSA) is 144 Å². The van der Waals surface area contributed by atoms with E-state index in [0.29, 0.717) is 0 Å². The van der Waals surface area contributed by atoms with Gasteiger partial charge in [0.25, 0.3) is 0 Å². The number of benzene rings is 1. The van der Waals surface area contributed by atoms with Crippen LogP contribution in [0.2, 0.25) is 0 Å². The third-order valence-electron chi connectivity index (χ3n) is 3.72. The van der Waals surface area contributed by atoms with E-state index in [1.807, 2.05) is 6.92 Å². The lowest BCUT2D eigenvalue weighted by atomic mass is 10.2. The van der Waals surface area contributed by atoms with Crippen LogP contribution in [0.15, 0.2) is 51.3 Å². The van der Waals surface area contributed by atoms with E-state index in [2.05, 4.69) is 15.2 Å². The molecule has 0 fully saturated rings. The van der Waals surface area contributed by atoms with Crippen molar-refractivity contribution in [1.29, 1.82) is 0 Å². The summed E-state index contributed by atoms with van der Waals surface area (Å²) in [7, 11) is -8.07. The van der Waals surface area contributed by atoms with Crippen molar-refractivity contribution in [2.75, 3.05) is 5.84 Å². The van der Waals surface area contributed by atoms with Gasteiger partial charge < -0.3 is 10.8 Å². The molecule has 0 unspecified atom stereocenters. The molecular formula is C14H15N5O4S3. The number of aromatic amines is 2. The molecule has 12 heteroatoms. The number of nitrogens with two attached hydrogens (primary N) is 1. The first-order chi connectivity index (χ1) is 12.1. The lowest BCUT2D eigenvalue weighted by Gasteiger charge is -2.07. The SMILES string of the molecule is Cc1ccc(S(=O)(=O)c2c[nH]cc2S(=O)(=O)Cc2n[nH]c(=S)n2N)cc1. The van der Waals surface area contributed by atoms with Gasteiger partial charge in [0.05, 0.1) is 4.90 Å². The predicted molar refractivity (Wildman–Crippen MR) is 95.9 cm³/mol. The number of nitrogens with zero attached hydrogens (tertiary/aromatic N) is 2. The molecule has 2 heterocycles. The van der Waals surface area contributed by atoms with Gasteiger partial charge in [0.1, 0.15) is 15.5 Å². The molecule has 26 heavy (non-hydrogen) atoms. The zero-order valence-corrected chi connectivity index (χ0v) is 16.0. The van der Waals surface area contributed by atoms with E-state index >= 15 is 0 Å². The lowest BCUT2D eigenvalue weighted by molar-refractivity contribution is 0.582. The minimum absolute atomic E-state index is 0.000604. The minimum Gasteiger partial charge on any atom is -0.365 e.